The molecule has 3 unspecified atom stereocenters. The molecule has 0 radical (unpaired) electrons. The molecule has 0 saturated carbocycles. The van der Waals surface area contributed by atoms with E-state index in [0.717, 1.165) is 5.56 Å². The molecule has 2 N–H and O–H groups in total. The predicted molar refractivity (Wildman–Crippen MR) is 118 cm³/mol. The van der Waals surface area contributed by atoms with E-state index in [1.807, 2.05) is 30.3 Å². The molecule has 1 aliphatic rings. The lowest BCUT2D eigenvalue weighted by atomic mass is 10.1. The molecule has 176 valence electrons. The highest BCUT2D eigenvalue weighted by Crippen LogP contribution is 2.19. The van der Waals surface area contributed by atoms with Crippen LogP contribution < -0.4 is 10.6 Å². The Kier molecular flexibility index (Phi) is 8.63. The van der Waals surface area contributed by atoms with Gasteiger partial charge in [-0.25, -0.2) is 9.59 Å². The Morgan fingerprint density at radius 2 is 1.78 bits per heavy atom. The number of ether oxygens (including phenoxy) is 2. The van der Waals surface area contributed by atoms with E-state index in [2.05, 4.69) is 10.6 Å². The summed E-state index contributed by atoms with van der Waals surface area (Å²) in [5.74, 6) is -1.36. The zero-order chi connectivity index (χ0) is 23.9. The summed E-state index contributed by atoms with van der Waals surface area (Å²) in [7, 11) is 1.27. The Bertz CT molecular complexity index is 821. The summed E-state index contributed by atoms with van der Waals surface area (Å²) in [5.41, 5.74) is 0.183. The molecule has 2 rings (SSSR count). The second kappa shape index (κ2) is 11.0. The molecule has 1 fully saturated rings. The standard InChI is InChI=1S/C23H33N3O6/c1-15(24-22(30)32-23(2,3)4)20(28)26-13-9-12-18(26)19(27)25-17(21(29)31-5)14-16-10-7-6-8-11-16/h6-8,10-11,15,17-18H,9,12-14H2,1-5H3,(H,24,30)(H,25,27). The highest BCUT2D eigenvalue weighted by molar-refractivity contribution is 5.93. The fourth-order valence-electron chi connectivity index (χ4n) is 3.55. The lowest BCUT2D eigenvalue weighted by Gasteiger charge is -2.29. The number of rotatable bonds is 7. The summed E-state index contributed by atoms with van der Waals surface area (Å²) in [4.78, 5) is 51.6. The summed E-state index contributed by atoms with van der Waals surface area (Å²) in [6.07, 6.45) is 0.684. The number of methoxy groups -OCH3 is 1. The van der Waals surface area contributed by atoms with Crippen LogP contribution in [0.15, 0.2) is 30.3 Å². The van der Waals surface area contributed by atoms with Crippen LogP contribution in [0.1, 0.15) is 46.1 Å². The van der Waals surface area contributed by atoms with Gasteiger partial charge >= 0.3 is 12.1 Å². The van der Waals surface area contributed by atoms with Crippen molar-refractivity contribution in [3.63, 3.8) is 0 Å². The maximum absolute atomic E-state index is 13.0. The summed E-state index contributed by atoms with van der Waals surface area (Å²) in [6.45, 7) is 7.12. The zero-order valence-corrected chi connectivity index (χ0v) is 19.3. The first-order valence-electron chi connectivity index (χ1n) is 10.7. The number of carbonyl (C=O) groups excluding carboxylic acids is 4. The molecule has 3 amide bonds. The van der Waals surface area contributed by atoms with Crippen LogP contribution in [0.2, 0.25) is 0 Å². The minimum atomic E-state index is -0.871. The maximum atomic E-state index is 13.0. The average Bonchev–Trinajstić information content (AvgIpc) is 3.21. The summed E-state index contributed by atoms with van der Waals surface area (Å²) in [5, 5.41) is 5.25. The van der Waals surface area contributed by atoms with E-state index in [9.17, 15) is 19.2 Å². The van der Waals surface area contributed by atoms with Crippen molar-refractivity contribution in [2.24, 2.45) is 0 Å². The maximum Gasteiger partial charge on any atom is 0.408 e. The molecule has 3 atom stereocenters. The first-order chi connectivity index (χ1) is 15.0. The van der Waals surface area contributed by atoms with Crippen LogP contribution in [0.4, 0.5) is 4.79 Å². The fraction of sp³-hybridized carbons (Fsp3) is 0.565. The summed E-state index contributed by atoms with van der Waals surface area (Å²) >= 11 is 0. The number of likely N-dealkylation sites (tertiary alicyclic amines) is 1. The first-order valence-corrected chi connectivity index (χ1v) is 10.7. The number of hydrogen-bond donors (Lipinski definition) is 2. The van der Waals surface area contributed by atoms with Gasteiger partial charge in [-0.15, -0.1) is 0 Å². The molecule has 0 spiro atoms. The van der Waals surface area contributed by atoms with Crippen LogP contribution in [0, 0.1) is 0 Å². The monoisotopic (exact) mass is 447 g/mol. The summed E-state index contributed by atoms with van der Waals surface area (Å²) in [6, 6.07) is 6.82. The van der Waals surface area contributed by atoms with Crippen molar-refractivity contribution in [2.45, 2.75) is 70.7 Å². The van der Waals surface area contributed by atoms with Crippen molar-refractivity contribution in [1.82, 2.24) is 15.5 Å². The molecule has 1 aromatic rings. The molecule has 1 aliphatic heterocycles. The van der Waals surface area contributed by atoms with Crippen molar-refractivity contribution < 1.29 is 28.7 Å². The van der Waals surface area contributed by atoms with Gasteiger partial charge in [0.2, 0.25) is 11.8 Å². The number of amides is 3. The van der Waals surface area contributed by atoms with Gasteiger partial charge in [-0.3, -0.25) is 9.59 Å². The molecule has 0 aromatic heterocycles. The molecule has 9 heteroatoms. The van der Waals surface area contributed by atoms with Gasteiger partial charge in [0, 0.05) is 13.0 Å². The Labute approximate surface area is 188 Å². The van der Waals surface area contributed by atoms with Crippen LogP contribution in [-0.4, -0.2) is 66.2 Å². The van der Waals surface area contributed by atoms with Gasteiger partial charge in [-0.2, -0.15) is 0 Å². The Morgan fingerprint density at radius 1 is 1.12 bits per heavy atom. The number of alkyl carbamates (subject to hydrolysis) is 1. The SMILES string of the molecule is COC(=O)C(Cc1ccccc1)NC(=O)C1CCCN1C(=O)C(C)NC(=O)OC(C)(C)C. The molecule has 9 nitrogen and oxygen atoms in total. The average molecular weight is 448 g/mol. The Morgan fingerprint density at radius 3 is 2.38 bits per heavy atom. The third kappa shape index (κ3) is 7.25. The number of esters is 1. The van der Waals surface area contributed by atoms with E-state index in [-0.39, 0.29) is 12.3 Å². The quantitative estimate of drug-likeness (QED) is 0.616. The van der Waals surface area contributed by atoms with Crippen LogP contribution in [0.5, 0.6) is 0 Å². The lowest BCUT2D eigenvalue weighted by Crippen LogP contribution is -2.55. The largest absolute Gasteiger partial charge is 0.467 e. The topological polar surface area (TPSA) is 114 Å². The van der Waals surface area contributed by atoms with E-state index < -0.39 is 41.7 Å². The normalized spacial score (nSPS) is 17.8. The van der Waals surface area contributed by atoms with Crippen LogP contribution in [0.3, 0.4) is 0 Å². The predicted octanol–water partition coefficient (Wildman–Crippen LogP) is 1.79. The first kappa shape index (κ1) is 25.2. The van der Waals surface area contributed by atoms with Crippen molar-refractivity contribution in [3.05, 3.63) is 35.9 Å². The third-order valence-electron chi connectivity index (χ3n) is 5.03. The molecule has 1 aromatic carbocycles. The molecular formula is C23H33N3O6. The molecular weight excluding hydrogens is 414 g/mol. The minimum absolute atomic E-state index is 0.274. The van der Waals surface area contributed by atoms with Gasteiger partial charge in [0.05, 0.1) is 7.11 Å². The highest BCUT2D eigenvalue weighted by atomic mass is 16.6. The minimum Gasteiger partial charge on any atom is -0.467 e. The van der Waals surface area contributed by atoms with Gasteiger partial charge < -0.3 is 25.0 Å². The molecule has 1 saturated heterocycles. The number of nitrogens with zero attached hydrogens (tertiary/aromatic N) is 1. The van der Waals surface area contributed by atoms with Gasteiger partial charge in [0.15, 0.2) is 0 Å². The Hall–Kier alpha value is -3.10. The number of nitrogens with one attached hydrogen (secondary N) is 2. The van der Waals surface area contributed by atoms with E-state index in [1.54, 1.807) is 27.7 Å². The van der Waals surface area contributed by atoms with Crippen molar-refractivity contribution in [2.75, 3.05) is 13.7 Å². The van der Waals surface area contributed by atoms with Crippen LogP contribution in [-0.2, 0) is 30.3 Å². The van der Waals surface area contributed by atoms with E-state index in [1.165, 1.54) is 12.0 Å². The van der Waals surface area contributed by atoms with Crippen molar-refractivity contribution in [3.8, 4) is 0 Å². The molecule has 0 aliphatic carbocycles. The van der Waals surface area contributed by atoms with Crippen molar-refractivity contribution >= 4 is 23.9 Å². The van der Waals surface area contributed by atoms with E-state index >= 15 is 0 Å². The van der Waals surface area contributed by atoms with Gasteiger partial charge in [0.1, 0.15) is 23.7 Å². The molecule has 1 heterocycles. The Balaban J connectivity index is 2.03. The highest BCUT2D eigenvalue weighted by Gasteiger charge is 2.38. The third-order valence-corrected chi connectivity index (χ3v) is 5.03. The lowest BCUT2D eigenvalue weighted by molar-refractivity contribution is -0.146. The smallest absolute Gasteiger partial charge is 0.408 e. The van der Waals surface area contributed by atoms with E-state index in [0.29, 0.717) is 19.4 Å². The molecule has 0 bridgehead atoms. The number of carbonyl (C=O) groups is 4. The second-order valence-corrected chi connectivity index (χ2v) is 8.83. The molecule has 32 heavy (non-hydrogen) atoms. The van der Waals surface area contributed by atoms with Crippen LogP contribution in [0.25, 0.3) is 0 Å². The van der Waals surface area contributed by atoms with Gasteiger partial charge in [-0.05, 0) is 46.1 Å². The van der Waals surface area contributed by atoms with Gasteiger partial charge in [0.25, 0.3) is 0 Å². The zero-order valence-electron chi connectivity index (χ0n) is 19.3. The summed E-state index contributed by atoms with van der Waals surface area (Å²) < 4.78 is 10.0. The number of hydrogen-bond acceptors (Lipinski definition) is 6. The fourth-order valence-corrected chi connectivity index (χ4v) is 3.55. The van der Waals surface area contributed by atoms with Crippen molar-refractivity contribution in [1.29, 1.82) is 0 Å². The second-order valence-electron chi connectivity index (χ2n) is 8.83. The van der Waals surface area contributed by atoms with Gasteiger partial charge in [-0.1, -0.05) is 30.3 Å². The number of benzene rings is 1. The van der Waals surface area contributed by atoms with Crippen LogP contribution >= 0.6 is 0 Å². The van der Waals surface area contributed by atoms with E-state index in [4.69, 9.17) is 9.47 Å².